The Morgan fingerprint density at radius 1 is 0.879 bits per heavy atom. The molecule has 0 spiro atoms. The van der Waals surface area contributed by atoms with Crippen LogP contribution in [0.25, 0.3) is 0 Å². The van der Waals surface area contributed by atoms with Crippen molar-refractivity contribution < 1.29 is 47.6 Å². The first-order valence-corrected chi connectivity index (χ1v) is 10.4. The molecule has 0 unspecified atom stereocenters. The Bertz CT molecular complexity index is 840. The van der Waals surface area contributed by atoms with Crippen LogP contribution >= 0.6 is 0 Å². The first-order valence-electron chi connectivity index (χ1n) is 10.4. The Balaban J connectivity index is 2.19. The molecule has 1 fully saturated rings. The van der Waals surface area contributed by atoms with Gasteiger partial charge in [0.2, 0.25) is 12.4 Å². The zero-order valence-electron chi connectivity index (χ0n) is 19.2. The van der Waals surface area contributed by atoms with E-state index in [9.17, 15) is 19.2 Å². The number of carbonyl (C=O) groups excluding carboxylic acids is 4. The number of amides is 1. The van der Waals surface area contributed by atoms with E-state index in [4.69, 9.17) is 28.4 Å². The Morgan fingerprint density at radius 2 is 1.42 bits per heavy atom. The lowest BCUT2D eigenvalue weighted by Gasteiger charge is -2.43. The molecule has 0 bridgehead atoms. The molecule has 1 heterocycles. The highest BCUT2D eigenvalue weighted by Gasteiger charge is 2.51. The van der Waals surface area contributed by atoms with Crippen molar-refractivity contribution in [3.05, 3.63) is 29.8 Å². The molecule has 5 atom stereocenters. The summed E-state index contributed by atoms with van der Waals surface area (Å²) in [5.74, 6) is -1.55. The lowest BCUT2D eigenvalue weighted by Crippen LogP contribution is -2.62. The molecule has 33 heavy (non-hydrogen) atoms. The minimum atomic E-state index is -1.20. The molecular weight excluding hydrogens is 438 g/mol. The highest BCUT2D eigenvalue weighted by Crippen LogP contribution is 2.30. The summed E-state index contributed by atoms with van der Waals surface area (Å²) in [5.41, 5.74) is 0.789. The van der Waals surface area contributed by atoms with E-state index in [1.165, 1.54) is 20.8 Å². The molecule has 11 heteroatoms. The summed E-state index contributed by atoms with van der Waals surface area (Å²) in [5, 5.41) is 2.61. The monoisotopic (exact) mass is 467 g/mol. The molecule has 1 aliphatic rings. The molecular formula is C22H29NO10. The maximum absolute atomic E-state index is 11.7. The number of hydrogen-bond acceptors (Lipinski definition) is 10. The molecule has 1 N–H and O–H groups in total. The minimum Gasteiger partial charge on any atom is -0.461 e. The third-order valence-corrected chi connectivity index (χ3v) is 4.52. The number of hydrogen-bond donors (Lipinski definition) is 1. The smallest absolute Gasteiger partial charge is 0.407 e. The van der Waals surface area contributed by atoms with Crippen LogP contribution in [0.1, 0.15) is 40.2 Å². The van der Waals surface area contributed by atoms with Gasteiger partial charge in [0, 0.05) is 27.3 Å². The van der Waals surface area contributed by atoms with Gasteiger partial charge < -0.3 is 33.7 Å². The van der Waals surface area contributed by atoms with Gasteiger partial charge in [-0.3, -0.25) is 14.4 Å². The number of benzene rings is 1. The molecule has 1 aliphatic heterocycles. The van der Waals surface area contributed by atoms with Crippen molar-refractivity contribution in [1.29, 1.82) is 0 Å². The van der Waals surface area contributed by atoms with Crippen LogP contribution in [0.2, 0.25) is 0 Å². The van der Waals surface area contributed by atoms with Gasteiger partial charge in [0.1, 0.15) is 5.75 Å². The minimum absolute atomic E-state index is 0.255. The van der Waals surface area contributed by atoms with E-state index in [0.29, 0.717) is 5.75 Å². The lowest BCUT2D eigenvalue weighted by atomic mass is 9.99. The number of rotatable bonds is 8. The molecule has 1 aromatic rings. The summed E-state index contributed by atoms with van der Waals surface area (Å²) >= 11 is 0. The summed E-state index contributed by atoms with van der Waals surface area (Å²) in [6.07, 6.45) is -5.75. The third kappa shape index (κ3) is 7.94. The molecule has 1 amide bonds. The van der Waals surface area contributed by atoms with Crippen molar-refractivity contribution in [2.24, 2.45) is 0 Å². The van der Waals surface area contributed by atoms with E-state index < -0.39 is 54.7 Å². The maximum atomic E-state index is 11.7. The van der Waals surface area contributed by atoms with Crippen molar-refractivity contribution in [3.63, 3.8) is 0 Å². The number of nitrogens with one attached hydrogen (secondary N) is 1. The first kappa shape index (κ1) is 25.9. The van der Waals surface area contributed by atoms with Gasteiger partial charge in [-0.05, 0) is 31.5 Å². The van der Waals surface area contributed by atoms with E-state index in [0.717, 1.165) is 5.56 Å². The molecule has 182 valence electrons. The fraction of sp³-hybridized carbons (Fsp3) is 0.545. The van der Waals surface area contributed by atoms with Crippen LogP contribution < -0.4 is 10.1 Å². The van der Waals surface area contributed by atoms with Crippen LogP contribution in [0.3, 0.4) is 0 Å². The number of alkyl carbamates (subject to hydrolysis) is 1. The lowest BCUT2D eigenvalue weighted by molar-refractivity contribution is -0.280. The average molecular weight is 467 g/mol. The number of esters is 3. The van der Waals surface area contributed by atoms with Crippen molar-refractivity contribution >= 4 is 24.0 Å². The van der Waals surface area contributed by atoms with E-state index in [1.54, 1.807) is 38.1 Å². The van der Waals surface area contributed by atoms with Gasteiger partial charge in [-0.25, -0.2) is 4.79 Å². The second-order valence-electron chi connectivity index (χ2n) is 7.27. The van der Waals surface area contributed by atoms with Gasteiger partial charge in [0.15, 0.2) is 12.2 Å². The van der Waals surface area contributed by atoms with Crippen LogP contribution in [-0.4, -0.2) is 61.3 Å². The fourth-order valence-corrected chi connectivity index (χ4v) is 3.24. The zero-order valence-corrected chi connectivity index (χ0v) is 19.2. The maximum Gasteiger partial charge on any atom is 0.407 e. The van der Waals surface area contributed by atoms with Gasteiger partial charge in [0.25, 0.3) is 0 Å². The average Bonchev–Trinajstić information content (AvgIpc) is 2.72. The second kappa shape index (κ2) is 12.0. The normalized spacial score (nSPS) is 24.2. The van der Waals surface area contributed by atoms with Crippen LogP contribution in [-0.2, 0) is 44.6 Å². The van der Waals surface area contributed by atoms with E-state index in [-0.39, 0.29) is 13.2 Å². The zero-order chi connectivity index (χ0) is 24.5. The molecule has 1 saturated heterocycles. The Hall–Kier alpha value is -3.34. The summed E-state index contributed by atoms with van der Waals surface area (Å²) in [6.45, 7) is 7.44. The second-order valence-corrected chi connectivity index (χ2v) is 7.27. The fourth-order valence-electron chi connectivity index (χ4n) is 3.24. The van der Waals surface area contributed by atoms with Crippen molar-refractivity contribution in [2.75, 3.05) is 6.61 Å². The number of ether oxygens (including phenoxy) is 6. The Morgan fingerprint density at radius 3 is 1.97 bits per heavy atom. The highest BCUT2D eigenvalue weighted by atomic mass is 16.7. The molecule has 11 nitrogen and oxygen atoms in total. The van der Waals surface area contributed by atoms with Gasteiger partial charge in [-0.15, -0.1) is 0 Å². The van der Waals surface area contributed by atoms with Crippen LogP contribution in [0.15, 0.2) is 24.3 Å². The Labute approximate surface area is 191 Å². The van der Waals surface area contributed by atoms with Gasteiger partial charge in [0.05, 0.1) is 12.7 Å². The quantitative estimate of drug-likeness (QED) is 0.446. The number of carbonyl (C=O) groups is 4. The van der Waals surface area contributed by atoms with Crippen LogP contribution in [0, 0.1) is 0 Å². The molecule has 2 rings (SSSR count). The van der Waals surface area contributed by atoms with Crippen molar-refractivity contribution in [1.82, 2.24) is 5.32 Å². The topological polar surface area (TPSA) is 136 Å². The summed E-state index contributed by atoms with van der Waals surface area (Å²) < 4.78 is 32.5. The predicted molar refractivity (Wildman–Crippen MR) is 112 cm³/mol. The Kier molecular flexibility index (Phi) is 9.46. The molecule has 0 radical (unpaired) electrons. The predicted octanol–water partition coefficient (Wildman–Crippen LogP) is 1.85. The highest BCUT2D eigenvalue weighted by molar-refractivity contribution is 5.68. The van der Waals surface area contributed by atoms with Crippen molar-refractivity contribution in [2.45, 2.75) is 71.9 Å². The van der Waals surface area contributed by atoms with E-state index in [2.05, 4.69) is 5.32 Å². The van der Waals surface area contributed by atoms with E-state index in [1.807, 2.05) is 0 Å². The molecule has 0 saturated carbocycles. The summed E-state index contributed by atoms with van der Waals surface area (Å²) in [4.78, 5) is 46.4. The van der Waals surface area contributed by atoms with E-state index >= 15 is 0 Å². The van der Waals surface area contributed by atoms with Crippen molar-refractivity contribution in [3.8, 4) is 5.75 Å². The SMILES string of the molecule is CCOC(=O)NCc1ccc(O[C@@H]2O[C@@H](C)[C@H](OC(C)=O)[C@@H](OC(C)=O)[C@H]2OC(C)=O)cc1. The summed E-state index contributed by atoms with van der Waals surface area (Å²) in [6, 6.07) is 6.72. The standard InChI is InChI=1S/C22H29NO10/c1-6-28-22(27)23-11-16-7-9-17(10-8-16)33-21-20(32-15(5)26)19(31-14(4)25)18(12(2)29-21)30-13(3)24/h7-10,12,18-21H,6,11H2,1-5H3,(H,23,27)/t12-,18-,19+,20+,21-/m0/s1. The third-order valence-electron chi connectivity index (χ3n) is 4.52. The molecule has 0 aromatic heterocycles. The molecule has 1 aromatic carbocycles. The largest absolute Gasteiger partial charge is 0.461 e. The van der Waals surface area contributed by atoms with Gasteiger partial charge in [-0.1, -0.05) is 12.1 Å². The van der Waals surface area contributed by atoms with Gasteiger partial charge >= 0.3 is 24.0 Å². The van der Waals surface area contributed by atoms with Crippen LogP contribution in [0.5, 0.6) is 5.75 Å². The first-order chi connectivity index (χ1) is 15.6. The molecule has 0 aliphatic carbocycles. The van der Waals surface area contributed by atoms with Gasteiger partial charge in [-0.2, -0.15) is 0 Å². The summed E-state index contributed by atoms with van der Waals surface area (Å²) in [7, 11) is 0. The van der Waals surface area contributed by atoms with Crippen LogP contribution in [0.4, 0.5) is 4.79 Å².